The number of nitrogens with zero attached hydrogens (tertiary/aromatic N) is 1. The van der Waals surface area contributed by atoms with Crippen molar-refractivity contribution in [2.75, 3.05) is 0 Å². The van der Waals surface area contributed by atoms with E-state index >= 15 is 0 Å². The standard InChI is InChI=1S/C16H11F2NOS/c17-16(18)20-13-7-3-1-5-11(13)9-10-15-19-12-6-2-4-8-14(12)21-15/h1-10,16H. The molecule has 3 aromatic rings. The van der Waals surface area contributed by atoms with Crippen molar-refractivity contribution < 1.29 is 13.5 Å². The molecular formula is C16H11F2NOS. The largest absolute Gasteiger partial charge is 0.434 e. The molecule has 0 aliphatic carbocycles. The summed E-state index contributed by atoms with van der Waals surface area (Å²) < 4.78 is 30.3. The van der Waals surface area contributed by atoms with Gasteiger partial charge in [0.15, 0.2) is 0 Å². The van der Waals surface area contributed by atoms with Crippen LogP contribution in [0.5, 0.6) is 5.75 Å². The van der Waals surface area contributed by atoms with Crippen molar-refractivity contribution in [1.29, 1.82) is 0 Å². The topological polar surface area (TPSA) is 22.1 Å². The highest BCUT2D eigenvalue weighted by Gasteiger charge is 2.07. The lowest BCUT2D eigenvalue weighted by Gasteiger charge is -2.06. The first-order valence-electron chi connectivity index (χ1n) is 6.30. The Morgan fingerprint density at radius 3 is 2.57 bits per heavy atom. The highest BCUT2D eigenvalue weighted by molar-refractivity contribution is 7.19. The molecule has 106 valence electrons. The highest BCUT2D eigenvalue weighted by Crippen LogP contribution is 2.25. The van der Waals surface area contributed by atoms with Crippen LogP contribution in [0.4, 0.5) is 8.78 Å². The molecular weight excluding hydrogens is 292 g/mol. The molecule has 5 heteroatoms. The van der Waals surface area contributed by atoms with Crippen molar-refractivity contribution in [2.24, 2.45) is 0 Å². The van der Waals surface area contributed by atoms with Gasteiger partial charge in [-0.3, -0.25) is 0 Å². The first kappa shape index (κ1) is 13.7. The van der Waals surface area contributed by atoms with Crippen molar-refractivity contribution in [3.8, 4) is 5.75 Å². The van der Waals surface area contributed by atoms with E-state index in [0.717, 1.165) is 15.2 Å². The summed E-state index contributed by atoms with van der Waals surface area (Å²) in [5.74, 6) is 0.157. The highest BCUT2D eigenvalue weighted by atomic mass is 32.1. The maximum atomic E-state index is 12.3. The van der Waals surface area contributed by atoms with Gasteiger partial charge in [0.1, 0.15) is 10.8 Å². The van der Waals surface area contributed by atoms with E-state index in [1.165, 1.54) is 6.07 Å². The summed E-state index contributed by atoms with van der Waals surface area (Å²) in [6, 6.07) is 14.5. The predicted molar refractivity (Wildman–Crippen MR) is 81.6 cm³/mol. The molecule has 2 aromatic carbocycles. The molecule has 0 atom stereocenters. The maximum absolute atomic E-state index is 12.3. The summed E-state index contributed by atoms with van der Waals surface area (Å²) in [6.45, 7) is -2.83. The van der Waals surface area contributed by atoms with E-state index in [2.05, 4.69) is 9.72 Å². The zero-order valence-corrected chi connectivity index (χ0v) is 11.7. The Kier molecular flexibility index (Phi) is 3.92. The van der Waals surface area contributed by atoms with Crippen molar-refractivity contribution in [3.63, 3.8) is 0 Å². The zero-order valence-electron chi connectivity index (χ0n) is 10.9. The molecule has 0 spiro atoms. The molecule has 0 saturated carbocycles. The average molecular weight is 303 g/mol. The Bertz CT molecular complexity index is 750. The normalized spacial score (nSPS) is 11.6. The van der Waals surface area contributed by atoms with Crippen molar-refractivity contribution in [2.45, 2.75) is 6.61 Å². The molecule has 0 fully saturated rings. The zero-order chi connectivity index (χ0) is 14.7. The van der Waals surface area contributed by atoms with Crippen LogP contribution < -0.4 is 4.74 Å². The lowest BCUT2D eigenvalue weighted by atomic mass is 10.2. The number of alkyl halides is 2. The predicted octanol–water partition coefficient (Wildman–Crippen LogP) is 5.07. The van der Waals surface area contributed by atoms with Gasteiger partial charge in [-0.1, -0.05) is 30.3 Å². The number of thiazole rings is 1. The lowest BCUT2D eigenvalue weighted by molar-refractivity contribution is -0.0499. The first-order chi connectivity index (χ1) is 10.2. The van der Waals surface area contributed by atoms with Gasteiger partial charge in [0.2, 0.25) is 0 Å². The van der Waals surface area contributed by atoms with Gasteiger partial charge in [0.05, 0.1) is 10.2 Å². The van der Waals surface area contributed by atoms with Crippen molar-refractivity contribution in [3.05, 3.63) is 59.1 Å². The summed E-state index contributed by atoms with van der Waals surface area (Å²) >= 11 is 1.55. The van der Waals surface area contributed by atoms with Crippen LogP contribution in [0.25, 0.3) is 22.4 Å². The summed E-state index contributed by atoms with van der Waals surface area (Å²) in [4.78, 5) is 4.46. The first-order valence-corrected chi connectivity index (χ1v) is 7.11. The molecule has 0 aliphatic heterocycles. The van der Waals surface area contributed by atoms with Crippen LogP contribution in [0.15, 0.2) is 48.5 Å². The molecule has 2 nitrogen and oxygen atoms in total. The number of hydrogen-bond acceptors (Lipinski definition) is 3. The van der Waals surface area contributed by atoms with Crippen LogP contribution in [0.1, 0.15) is 10.6 Å². The van der Waals surface area contributed by atoms with E-state index in [4.69, 9.17) is 0 Å². The second-order valence-electron chi connectivity index (χ2n) is 4.27. The summed E-state index contributed by atoms with van der Waals surface area (Å²) in [7, 11) is 0. The quantitative estimate of drug-likeness (QED) is 0.671. The van der Waals surface area contributed by atoms with Crippen LogP contribution >= 0.6 is 11.3 Å². The molecule has 0 bridgehead atoms. The van der Waals surface area contributed by atoms with E-state index in [1.54, 1.807) is 41.7 Å². The van der Waals surface area contributed by atoms with Gasteiger partial charge in [0, 0.05) is 5.56 Å². The minimum atomic E-state index is -2.83. The van der Waals surface area contributed by atoms with Gasteiger partial charge in [-0.05, 0) is 30.4 Å². The molecule has 0 saturated heterocycles. The van der Waals surface area contributed by atoms with Crippen LogP contribution in [0.2, 0.25) is 0 Å². The second-order valence-corrected chi connectivity index (χ2v) is 5.33. The van der Waals surface area contributed by atoms with Gasteiger partial charge in [-0.2, -0.15) is 8.78 Å². The minimum Gasteiger partial charge on any atom is -0.434 e. The molecule has 0 N–H and O–H groups in total. The number of para-hydroxylation sites is 2. The second kappa shape index (κ2) is 6.01. The molecule has 0 unspecified atom stereocenters. The molecule has 1 aromatic heterocycles. The Morgan fingerprint density at radius 2 is 1.76 bits per heavy atom. The van der Waals surface area contributed by atoms with Crippen molar-refractivity contribution >= 4 is 33.7 Å². The van der Waals surface area contributed by atoms with Gasteiger partial charge in [-0.25, -0.2) is 4.98 Å². The monoisotopic (exact) mass is 303 g/mol. The minimum absolute atomic E-state index is 0.157. The number of rotatable bonds is 4. The Morgan fingerprint density at radius 1 is 1.00 bits per heavy atom. The number of hydrogen-bond donors (Lipinski definition) is 0. The fraction of sp³-hybridized carbons (Fsp3) is 0.0625. The van der Waals surface area contributed by atoms with E-state index in [-0.39, 0.29) is 5.75 Å². The van der Waals surface area contributed by atoms with Gasteiger partial charge in [-0.15, -0.1) is 11.3 Å². The van der Waals surface area contributed by atoms with Crippen molar-refractivity contribution in [1.82, 2.24) is 4.98 Å². The van der Waals surface area contributed by atoms with E-state index in [1.807, 2.05) is 24.3 Å². The number of ether oxygens (including phenoxy) is 1. The van der Waals surface area contributed by atoms with Crippen LogP contribution in [-0.4, -0.2) is 11.6 Å². The molecule has 21 heavy (non-hydrogen) atoms. The van der Waals surface area contributed by atoms with Gasteiger partial charge >= 0.3 is 6.61 Å². The van der Waals surface area contributed by atoms with Gasteiger partial charge < -0.3 is 4.74 Å². The third kappa shape index (κ3) is 3.25. The number of halogens is 2. The third-order valence-electron chi connectivity index (χ3n) is 2.85. The third-order valence-corrected chi connectivity index (χ3v) is 3.85. The molecule has 0 amide bonds. The van der Waals surface area contributed by atoms with E-state index < -0.39 is 6.61 Å². The maximum Gasteiger partial charge on any atom is 0.387 e. The fourth-order valence-corrected chi connectivity index (χ4v) is 2.81. The van der Waals surface area contributed by atoms with Gasteiger partial charge in [0.25, 0.3) is 0 Å². The number of benzene rings is 2. The average Bonchev–Trinajstić information content (AvgIpc) is 2.88. The van der Waals surface area contributed by atoms with Crippen LogP contribution in [0.3, 0.4) is 0 Å². The van der Waals surface area contributed by atoms with Crippen LogP contribution in [-0.2, 0) is 0 Å². The van der Waals surface area contributed by atoms with E-state index in [0.29, 0.717) is 5.56 Å². The fourth-order valence-electron chi connectivity index (χ4n) is 1.94. The molecule has 0 radical (unpaired) electrons. The summed E-state index contributed by atoms with van der Waals surface area (Å²) in [5, 5.41) is 0.822. The van der Waals surface area contributed by atoms with Crippen LogP contribution in [0, 0.1) is 0 Å². The molecule has 3 rings (SSSR count). The molecule has 1 heterocycles. The summed E-state index contributed by atoms with van der Waals surface area (Å²) in [5.41, 5.74) is 1.52. The number of fused-ring (bicyclic) bond motifs is 1. The molecule has 0 aliphatic rings. The Balaban J connectivity index is 1.88. The smallest absolute Gasteiger partial charge is 0.387 e. The Hall–Kier alpha value is -2.27. The Labute approximate surface area is 124 Å². The lowest BCUT2D eigenvalue weighted by Crippen LogP contribution is -2.02. The number of aromatic nitrogens is 1. The SMILES string of the molecule is FC(F)Oc1ccccc1C=Cc1nc2ccccc2s1. The summed E-state index contributed by atoms with van der Waals surface area (Å²) in [6.07, 6.45) is 3.54. The van der Waals surface area contributed by atoms with E-state index in [9.17, 15) is 8.78 Å².